The highest BCUT2D eigenvalue weighted by Gasteiger charge is 2.75. The van der Waals surface area contributed by atoms with Crippen LogP contribution in [0.5, 0.6) is 0 Å². The molecule has 1 heterocycles. The number of carbonyl (C=O) groups is 1. The Morgan fingerprint density at radius 3 is 2.06 bits per heavy atom. The number of anilines is 1. The summed E-state index contributed by atoms with van der Waals surface area (Å²) in [5.74, 6) is -1.72. The number of carboxylic acids is 1. The van der Waals surface area contributed by atoms with E-state index < -0.39 is 52.3 Å². The lowest BCUT2D eigenvalue weighted by Gasteiger charge is -2.40. The molecule has 170 valence electrons. The number of hydrogen-bond acceptors (Lipinski definition) is 4. The van der Waals surface area contributed by atoms with Crippen LogP contribution in [-0.2, 0) is 10.2 Å². The van der Waals surface area contributed by atoms with Crippen molar-refractivity contribution in [2.24, 2.45) is 0 Å². The van der Waals surface area contributed by atoms with Crippen LogP contribution in [0.3, 0.4) is 0 Å². The van der Waals surface area contributed by atoms with E-state index in [1.54, 1.807) is 6.07 Å². The van der Waals surface area contributed by atoms with Crippen LogP contribution < -0.4 is 5.32 Å². The molecule has 16 heteroatoms. The topological polar surface area (TPSA) is 90.9 Å². The van der Waals surface area contributed by atoms with E-state index in [4.69, 9.17) is 46.4 Å². The van der Waals surface area contributed by atoms with Crippen molar-refractivity contribution in [1.82, 2.24) is 9.78 Å². The molecule has 2 aromatic rings. The lowest BCUT2D eigenvalue weighted by molar-refractivity contribution is -0.140. The van der Waals surface area contributed by atoms with Crippen LogP contribution >= 0.6 is 56.6 Å². The lowest BCUT2D eigenvalue weighted by Crippen LogP contribution is -2.27. The van der Waals surface area contributed by atoms with Gasteiger partial charge >= 0.3 is 16.2 Å². The maximum atomic E-state index is 13.2. The molecule has 0 aliphatic heterocycles. The van der Waals surface area contributed by atoms with Gasteiger partial charge in [-0.3, -0.25) is 4.79 Å². The normalized spacial score (nSPS) is 22.2. The van der Waals surface area contributed by atoms with Crippen molar-refractivity contribution < 1.29 is 29.3 Å². The number of alkyl halides is 2. The number of benzene rings is 1. The first-order valence-electron chi connectivity index (χ1n) is 7.87. The van der Waals surface area contributed by atoms with Gasteiger partial charge in [0.2, 0.25) is 0 Å². The molecular weight excluding hydrogens is 537 g/mol. The summed E-state index contributed by atoms with van der Waals surface area (Å²) in [6.07, 6.45) is -0.307. The molecule has 31 heavy (non-hydrogen) atoms. The molecule has 1 unspecified atom stereocenters. The molecule has 0 saturated heterocycles. The van der Waals surface area contributed by atoms with Gasteiger partial charge in [0, 0.05) is 13.5 Å². The van der Waals surface area contributed by atoms with E-state index in [-0.39, 0.29) is 29.9 Å². The van der Waals surface area contributed by atoms with E-state index in [1.807, 2.05) is 0 Å². The molecule has 0 radical (unpaired) electrons. The van der Waals surface area contributed by atoms with Crippen molar-refractivity contribution in [3.8, 4) is 11.8 Å². The number of halogens is 9. The van der Waals surface area contributed by atoms with Crippen LogP contribution in [0.25, 0.3) is 5.69 Å². The Morgan fingerprint density at radius 1 is 1.26 bits per heavy atom. The summed E-state index contributed by atoms with van der Waals surface area (Å²) in [7, 11) is -8.82. The maximum Gasteiger partial charge on any atom is 0.317 e. The predicted molar refractivity (Wildman–Crippen MR) is 108 cm³/mol. The summed E-state index contributed by atoms with van der Waals surface area (Å²) in [5.41, 5.74) is -3.23. The SMILES string of the molecule is CNc1c(C2(C(=O)O)CC2(Cl)Cl)c(C#N)nn1-c1c(Cl)cc(S(F)(F)(F)(F)F)cc1Cl. The fraction of sp³-hybridized carbons (Fsp3) is 0.267. The second-order valence-electron chi connectivity index (χ2n) is 6.64. The standard InChI is InChI=1S/C15H9Cl4F5N4O2S/c1-26-12-10(14(13(29)30)5-15(14,18)19)9(4-25)27-28(12)11-7(16)2-6(3-8(11)17)31(20,21,22,23)24/h2-3,26H,5H2,1H3,(H,29,30). The first-order chi connectivity index (χ1) is 13.8. The van der Waals surface area contributed by atoms with Gasteiger partial charge in [-0.05, 0) is 12.1 Å². The summed E-state index contributed by atoms with van der Waals surface area (Å²) >= 11 is 23.7. The molecule has 1 aromatic heterocycles. The summed E-state index contributed by atoms with van der Waals surface area (Å²) in [6.45, 7) is 0. The van der Waals surface area contributed by atoms with Gasteiger partial charge in [-0.25, -0.2) is 4.68 Å². The zero-order valence-corrected chi connectivity index (χ0v) is 18.7. The summed E-state index contributed by atoms with van der Waals surface area (Å²) in [4.78, 5) is 9.61. The molecule has 0 bridgehead atoms. The van der Waals surface area contributed by atoms with Crippen LogP contribution in [0.1, 0.15) is 17.7 Å². The molecule has 1 aliphatic carbocycles. The van der Waals surface area contributed by atoms with E-state index in [2.05, 4.69) is 10.4 Å². The molecule has 0 spiro atoms. The third-order valence-corrected chi connectivity index (χ3v) is 7.27. The largest absolute Gasteiger partial charge is 0.480 e. The number of nitriles is 1. The number of nitrogens with zero attached hydrogens (tertiary/aromatic N) is 3. The highest BCUT2D eigenvalue weighted by atomic mass is 35.5. The fourth-order valence-corrected chi connectivity index (χ4v) is 5.37. The van der Waals surface area contributed by atoms with Gasteiger partial charge in [-0.15, -0.1) is 0 Å². The smallest absolute Gasteiger partial charge is 0.317 e. The predicted octanol–water partition coefficient (Wildman–Crippen LogP) is 6.65. The second-order valence-corrected chi connectivity index (χ2v) is 11.3. The third-order valence-electron chi connectivity index (χ3n) is 4.65. The number of aromatic nitrogens is 2. The van der Waals surface area contributed by atoms with Gasteiger partial charge in [0.1, 0.15) is 32.2 Å². The molecular formula is C15H9Cl4F5N4O2S. The highest BCUT2D eigenvalue weighted by molar-refractivity contribution is 8.45. The molecule has 6 nitrogen and oxygen atoms in total. The van der Waals surface area contributed by atoms with Gasteiger partial charge < -0.3 is 10.4 Å². The average Bonchev–Trinajstić information content (AvgIpc) is 3.00. The maximum absolute atomic E-state index is 13.2. The Morgan fingerprint density at radius 2 is 1.74 bits per heavy atom. The Bertz CT molecular complexity index is 1170. The van der Waals surface area contributed by atoms with Crippen molar-refractivity contribution in [2.45, 2.75) is 21.1 Å². The highest BCUT2D eigenvalue weighted by Crippen LogP contribution is 3.02. The van der Waals surface area contributed by atoms with Crippen molar-refractivity contribution in [2.75, 3.05) is 12.4 Å². The first kappa shape index (κ1) is 24.0. The lowest BCUT2D eigenvalue weighted by atomic mass is 9.95. The molecule has 3 rings (SSSR count). The zero-order valence-electron chi connectivity index (χ0n) is 14.9. The minimum Gasteiger partial charge on any atom is -0.480 e. The number of carboxylic acid groups (broad SMARTS) is 1. The van der Waals surface area contributed by atoms with E-state index in [0.717, 1.165) is 4.68 Å². The number of hydrogen-bond donors (Lipinski definition) is 2. The van der Waals surface area contributed by atoms with Gasteiger partial charge in [0.15, 0.2) is 5.69 Å². The Labute approximate surface area is 191 Å². The van der Waals surface area contributed by atoms with Crippen LogP contribution in [0.4, 0.5) is 25.2 Å². The molecule has 1 aliphatic rings. The van der Waals surface area contributed by atoms with Gasteiger partial charge in [-0.1, -0.05) is 65.8 Å². The fourth-order valence-electron chi connectivity index (χ4n) is 3.16. The second kappa shape index (κ2) is 6.23. The summed E-state index contributed by atoms with van der Waals surface area (Å²) in [5, 5.41) is 23.8. The third kappa shape index (κ3) is 3.66. The summed E-state index contributed by atoms with van der Waals surface area (Å²) in [6, 6.07) is 1.59. The van der Waals surface area contributed by atoms with Gasteiger partial charge in [0.25, 0.3) is 0 Å². The van der Waals surface area contributed by atoms with Gasteiger partial charge in [-0.2, -0.15) is 10.4 Å². The molecule has 2 N–H and O–H groups in total. The van der Waals surface area contributed by atoms with E-state index in [0.29, 0.717) is 0 Å². The zero-order chi connectivity index (χ0) is 23.8. The Balaban J connectivity index is 2.34. The van der Waals surface area contributed by atoms with Crippen molar-refractivity contribution in [1.29, 1.82) is 5.26 Å². The van der Waals surface area contributed by atoms with E-state index in [9.17, 15) is 34.6 Å². The summed E-state index contributed by atoms with van der Waals surface area (Å²) < 4.78 is 64.7. The monoisotopic (exact) mass is 544 g/mol. The van der Waals surface area contributed by atoms with E-state index >= 15 is 0 Å². The Hall–Kier alpha value is -1.65. The van der Waals surface area contributed by atoms with Crippen LogP contribution in [0.2, 0.25) is 10.0 Å². The minimum atomic E-state index is -10.1. The molecule has 1 saturated carbocycles. The van der Waals surface area contributed by atoms with E-state index in [1.165, 1.54) is 7.05 Å². The molecule has 1 atom stereocenters. The molecule has 0 amide bonds. The van der Waals surface area contributed by atoms with Crippen LogP contribution in [0, 0.1) is 11.3 Å². The minimum absolute atomic E-state index is 0.0331. The first-order valence-corrected chi connectivity index (χ1v) is 11.3. The van der Waals surface area contributed by atoms with Crippen molar-refractivity contribution >= 4 is 68.4 Å². The van der Waals surface area contributed by atoms with Crippen molar-refractivity contribution in [3.05, 3.63) is 33.4 Å². The van der Waals surface area contributed by atoms with Crippen molar-refractivity contribution in [3.63, 3.8) is 0 Å². The van der Waals surface area contributed by atoms with Crippen LogP contribution in [-0.4, -0.2) is 32.2 Å². The average molecular weight is 546 g/mol. The number of aliphatic carboxylic acids is 1. The van der Waals surface area contributed by atoms with Crippen LogP contribution in [0.15, 0.2) is 17.0 Å². The molecule has 1 aromatic carbocycles. The Kier molecular flexibility index (Phi) is 4.82. The number of nitrogens with one attached hydrogen (secondary N) is 1. The number of rotatable bonds is 5. The van der Waals surface area contributed by atoms with Gasteiger partial charge in [0.05, 0.1) is 15.6 Å². The molecule has 1 fully saturated rings. The quantitative estimate of drug-likeness (QED) is 0.324.